The lowest BCUT2D eigenvalue weighted by atomic mass is 10.2. The van der Waals surface area contributed by atoms with Gasteiger partial charge in [0.25, 0.3) is 8.32 Å². The average Bonchev–Trinajstić information content (AvgIpc) is 3.26. The Labute approximate surface area is 195 Å². The summed E-state index contributed by atoms with van der Waals surface area (Å²) in [4.78, 5) is 26.2. The van der Waals surface area contributed by atoms with Crippen molar-refractivity contribution in [2.45, 2.75) is 45.7 Å². The van der Waals surface area contributed by atoms with Crippen molar-refractivity contribution in [3.8, 4) is 0 Å². The molecule has 0 aliphatic heterocycles. The molecule has 1 amide bonds. The molecule has 0 bridgehead atoms. The maximum absolute atomic E-state index is 12.9. The van der Waals surface area contributed by atoms with Crippen LogP contribution in [0.2, 0.25) is 5.04 Å². The number of carbonyl (C=O) groups excluding carboxylic acids is 2. The summed E-state index contributed by atoms with van der Waals surface area (Å²) in [5, 5.41) is 5.13. The fraction of sp³-hybridized carbons (Fsp3) is 0.308. The highest BCUT2D eigenvalue weighted by Gasteiger charge is 2.50. The van der Waals surface area contributed by atoms with E-state index in [1.54, 1.807) is 6.92 Å². The molecule has 168 valence electrons. The number of Topliss-reactive ketones (excluding diaryl/α,β-unsaturated/α-hetero) is 1. The molecule has 6 heteroatoms. The van der Waals surface area contributed by atoms with Crippen molar-refractivity contribution < 1.29 is 14.0 Å². The maximum atomic E-state index is 12.9. The van der Waals surface area contributed by atoms with E-state index in [1.165, 1.54) is 11.3 Å². The molecule has 1 unspecified atom stereocenters. The van der Waals surface area contributed by atoms with Crippen LogP contribution >= 0.6 is 11.3 Å². The number of hydrogen-bond acceptors (Lipinski definition) is 4. The Balaban J connectivity index is 1.85. The van der Waals surface area contributed by atoms with E-state index in [0.717, 1.165) is 15.3 Å². The van der Waals surface area contributed by atoms with Crippen LogP contribution in [0.1, 0.15) is 55.2 Å². The molecule has 0 radical (unpaired) electrons. The summed E-state index contributed by atoms with van der Waals surface area (Å²) in [5.74, 6) is -0.127. The topological polar surface area (TPSA) is 55.4 Å². The number of rotatable bonds is 8. The van der Waals surface area contributed by atoms with Gasteiger partial charge < -0.3 is 9.74 Å². The first kappa shape index (κ1) is 24.1. The van der Waals surface area contributed by atoms with E-state index in [-0.39, 0.29) is 29.4 Å². The van der Waals surface area contributed by atoms with Gasteiger partial charge >= 0.3 is 0 Å². The molecule has 0 aliphatic rings. The standard InChI is InChI=1S/C26H31NO3SSi/c1-19(23-16-17-24(31-23)20(2)28)27-25(29)18-30-32(26(3,4)5,21-12-8-6-9-13-21)22-14-10-7-11-15-22/h6-17,19H,18H2,1-5H3,(H,27,29). The van der Waals surface area contributed by atoms with Crippen LogP contribution in [0.4, 0.5) is 0 Å². The van der Waals surface area contributed by atoms with Gasteiger partial charge in [0, 0.05) is 4.88 Å². The van der Waals surface area contributed by atoms with Crippen molar-refractivity contribution in [2.75, 3.05) is 6.61 Å². The van der Waals surface area contributed by atoms with E-state index in [1.807, 2.05) is 55.5 Å². The quantitative estimate of drug-likeness (QED) is 0.387. The third kappa shape index (κ3) is 5.09. The molecule has 0 aliphatic carbocycles. The monoisotopic (exact) mass is 465 g/mol. The number of nitrogens with one attached hydrogen (secondary N) is 1. The highest BCUT2D eigenvalue weighted by Crippen LogP contribution is 2.36. The summed E-state index contributed by atoms with van der Waals surface area (Å²) in [5.41, 5.74) is 0. The summed E-state index contributed by atoms with van der Waals surface area (Å²) in [6.45, 7) is 10.0. The Morgan fingerprint density at radius 2 is 1.47 bits per heavy atom. The largest absolute Gasteiger partial charge is 0.398 e. The molecule has 1 N–H and O–H groups in total. The molecule has 0 saturated heterocycles. The molecule has 0 spiro atoms. The molecule has 1 heterocycles. The van der Waals surface area contributed by atoms with E-state index in [9.17, 15) is 9.59 Å². The molecule has 4 nitrogen and oxygen atoms in total. The van der Waals surface area contributed by atoms with Gasteiger partial charge in [0.1, 0.15) is 6.61 Å². The van der Waals surface area contributed by atoms with Crippen LogP contribution < -0.4 is 15.7 Å². The van der Waals surface area contributed by atoms with Crippen LogP contribution in [0.25, 0.3) is 0 Å². The highest BCUT2D eigenvalue weighted by atomic mass is 32.1. The molecule has 0 saturated carbocycles. The summed E-state index contributed by atoms with van der Waals surface area (Å²) in [7, 11) is -2.76. The number of ketones is 1. The average molecular weight is 466 g/mol. The van der Waals surface area contributed by atoms with Crippen molar-refractivity contribution in [3.05, 3.63) is 82.6 Å². The highest BCUT2D eigenvalue weighted by molar-refractivity contribution is 7.14. The van der Waals surface area contributed by atoms with Gasteiger partial charge in [-0.1, -0.05) is 81.4 Å². The van der Waals surface area contributed by atoms with Crippen LogP contribution in [0.3, 0.4) is 0 Å². The Morgan fingerprint density at radius 1 is 0.938 bits per heavy atom. The number of amides is 1. The Bertz CT molecular complexity index is 1020. The SMILES string of the molecule is CC(=O)c1ccc(C(C)NC(=O)CO[Si](c2ccccc2)(c2ccccc2)C(C)(C)C)s1. The fourth-order valence-corrected chi connectivity index (χ4v) is 9.47. The second-order valence-electron chi connectivity index (χ2n) is 9.00. The minimum Gasteiger partial charge on any atom is -0.398 e. The van der Waals surface area contributed by atoms with Crippen molar-refractivity contribution in [3.63, 3.8) is 0 Å². The first-order valence-corrected chi connectivity index (χ1v) is 13.5. The number of hydrogen-bond donors (Lipinski definition) is 1. The number of benzene rings is 2. The van der Waals surface area contributed by atoms with Crippen LogP contribution in [0.5, 0.6) is 0 Å². The first-order valence-electron chi connectivity index (χ1n) is 10.8. The summed E-state index contributed by atoms with van der Waals surface area (Å²) in [6, 6.07) is 24.1. The first-order chi connectivity index (χ1) is 15.1. The van der Waals surface area contributed by atoms with E-state index in [2.05, 4.69) is 50.4 Å². The van der Waals surface area contributed by atoms with E-state index >= 15 is 0 Å². The Hall–Kier alpha value is -2.54. The summed E-state index contributed by atoms with van der Waals surface area (Å²) in [6.07, 6.45) is 0. The maximum Gasteiger partial charge on any atom is 0.261 e. The number of carbonyl (C=O) groups is 2. The van der Waals surface area contributed by atoms with Crippen molar-refractivity contribution in [1.29, 1.82) is 0 Å². The van der Waals surface area contributed by atoms with Crippen molar-refractivity contribution >= 4 is 41.7 Å². The third-order valence-corrected chi connectivity index (χ3v) is 12.0. The molecule has 3 aromatic rings. The normalized spacial score (nSPS) is 12.9. The van der Waals surface area contributed by atoms with Gasteiger partial charge in [-0.2, -0.15) is 0 Å². The zero-order valence-electron chi connectivity index (χ0n) is 19.3. The van der Waals surface area contributed by atoms with Crippen LogP contribution in [-0.2, 0) is 9.22 Å². The second-order valence-corrected chi connectivity index (χ2v) is 14.4. The van der Waals surface area contributed by atoms with E-state index in [4.69, 9.17) is 4.43 Å². The number of thiophene rings is 1. The molecular weight excluding hydrogens is 434 g/mol. The Kier molecular flexibility index (Phi) is 7.49. The van der Waals surface area contributed by atoms with E-state index < -0.39 is 8.32 Å². The van der Waals surface area contributed by atoms with Gasteiger partial charge in [-0.15, -0.1) is 11.3 Å². The minimum absolute atomic E-state index is 0.0252. The van der Waals surface area contributed by atoms with Gasteiger partial charge in [0.05, 0.1) is 10.9 Å². The predicted molar refractivity (Wildman–Crippen MR) is 134 cm³/mol. The molecule has 0 fully saturated rings. The van der Waals surface area contributed by atoms with Crippen molar-refractivity contribution in [1.82, 2.24) is 5.32 Å². The fourth-order valence-electron chi connectivity index (χ4n) is 4.06. The van der Waals surface area contributed by atoms with Gasteiger partial charge in [0.15, 0.2) is 5.78 Å². The minimum atomic E-state index is -2.76. The Morgan fingerprint density at radius 3 is 1.91 bits per heavy atom. The predicted octanol–water partition coefficient (Wildman–Crippen LogP) is 4.70. The van der Waals surface area contributed by atoms with Gasteiger partial charge in [-0.05, 0) is 41.4 Å². The van der Waals surface area contributed by atoms with Crippen molar-refractivity contribution in [2.24, 2.45) is 0 Å². The van der Waals surface area contributed by atoms with E-state index in [0.29, 0.717) is 4.88 Å². The lowest BCUT2D eigenvalue weighted by Crippen LogP contribution is -2.67. The van der Waals surface area contributed by atoms with Gasteiger partial charge in [0.2, 0.25) is 5.91 Å². The van der Waals surface area contributed by atoms with Crippen LogP contribution in [0.15, 0.2) is 72.8 Å². The van der Waals surface area contributed by atoms with Crippen LogP contribution in [-0.4, -0.2) is 26.6 Å². The summed E-state index contributed by atoms with van der Waals surface area (Å²) >= 11 is 1.42. The molecule has 1 aromatic heterocycles. The zero-order chi connectivity index (χ0) is 23.4. The zero-order valence-corrected chi connectivity index (χ0v) is 21.2. The molecular formula is C26H31NO3SSi. The smallest absolute Gasteiger partial charge is 0.261 e. The second kappa shape index (κ2) is 9.94. The third-order valence-electron chi connectivity index (χ3n) is 5.61. The molecule has 32 heavy (non-hydrogen) atoms. The lowest BCUT2D eigenvalue weighted by molar-refractivity contribution is -0.123. The lowest BCUT2D eigenvalue weighted by Gasteiger charge is -2.42. The van der Waals surface area contributed by atoms with Gasteiger partial charge in [-0.3, -0.25) is 9.59 Å². The van der Waals surface area contributed by atoms with Gasteiger partial charge in [-0.25, -0.2) is 0 Å². The molecule has 1 atom stereocenters. The van der Waals surface area contributed by atoms with Crippen LogP contribution in [0, 0.1) is 0 Å². The summed E-state index contributed by atoms with van der Waals surface area (Å²) < 4.78 is 6.68. The molecule has 3 rings (SSSR count). The molecule has 2 aromatic carbocycles.